The van der Waals surface area contributed by atoms with Crippen LogP contribution in [0.25, 0.3) is 5.70 Å². The zero-order valence-corrected chi connectivity index (χ0v) is 21.3. The summed E-state index contributed by atoms with van der Waals surface area (Å²) in [6.07, 6.45) is 3.36. The van der Waals surface area contributed by atoms with E-state index in [-0.39, 0.29) is 18.0 Å². The third-order valence-corrected chi connectivity index (χ3v) is 8.03. The molecular weight excluding hydrogens is 496 g/mol. The first-order valence-corrected chi connectivity index (χ1v) is 13.6. The second-order valence-corrected chi connectivity index (χ2v) is 10.9. The standard InChI is InChI=1S/C27H26N2O5S2/c1-3-14-34-27(31)24-22(25-18(2)13-15-35-25)16-23(20-9-11-21(12-10-20)36(28,32)33)29(26(24)30)17-19-7-5-4-6-8-19/h3-13,15-16,22,24H,1,14,17H2,2H3,(H2,28,32,33). The van der Waals surface area contributed by atoms with Gasteiger partial charge in [-0.25, -0.2) is 13.6 Å². The van der Waals surface area contributed by atoms with Crippen LogP contribution in [0, 0.1) is 12.8 Å². The summed E-state index contributed by atoms with van der Waals surface area (Å²) in [7, 11) is -3.87. The van der Waals surface area contributed by atoms with Gasteiger partial charge in [-0.3, -0.25) is 9.59 Å². The van der Waals surface area contributed by atoms with Crippen LogP contribution in [0.1, 0.15) is 27.5 Å². The first-order chi connectivity index (χ1) is 17.2. The van der Waals surface area contributed by atoms with E-state index in [2.05, 4.69) is 6.58 Å². The van der Waals surface area contributed by atoms with Gasteiger partial charge in [0.25, 0.3) is 0 Å². The van der Waals surface area contributed by atoms with E-state index in [1.165, 1.54) is 29.5 Å². The fourth-order valence-corrected chi connectivity index (χ4v) is 5.77. The van der Waals surface area contributed by atoms with Crippen molar-refractivity contribution in [2.24, 2.45) is 11.1 Å². The van der Waals surface area contributed by atoms with Gasteiger partial charge >= 0.3 is 5.97 Å². The van der Waals surface area contributed by atoms with Crippen LogP contribution in [-0.2, 0) is 30.9 Å². The normalized spacial score (nSPS) is 18.0. The Bertz CT molecular complexity index is 1410. The van der Waals surface area contributed by atoms with E-state index >= 15 is 0 Å². The van der Waals surface area contributed by atoms with E-state index in [1.807, 2.05) is 54.8 Å². The molecule has 3 aromatic rings. The maximum atomic E-state index is 14.0. The number of allylic oxidation sites excluding steroid dienone is 1. The van der Waals surface area contributed by atoms with Gasteiger partial charge in [0.15, 0.2) is 0 Å². The van der Waals surface area contributed by atoms with Crippen LogP contribution in [0.3, 0.4) is 0 Å². The Kier molecular flexibility index (Phi) is 7.53. The molecule has 0 bridgehead atoms. The highest BCUT2D eigenvalue weighted by molar-refractivity contribution is 7.89. The van der Waals surface area contributed by atoms with Gasteiger partial charge in [-0.2, -0.15) is 0 Å². The van der Waals surface area contributed by atoms with Crippen molar-refractivity contribution in [1.29, 1.82) is 0 Å². The molecule has 0 fully saturated rings. The number of rotatable bonds is 8. The van der Waals surface area contributed by atoms with E-state index in [0.717, 1.165) is 16.0 Å². The van der Waals surface area contributed by atoms with Gasteiger partial charge in [-0.1, -0.05) is 61.2 Å². The molecule has 186 valence electrons. The average Bonchev–Trinajstić information content (AvgIpc) is 3.29. The summed E-state index contributed by atoms with van der Waals surface area (Å²) in [5, 5.41) is 7.19. The lowest BCUT2D eigenvalue weighted by Crippen LogP contribution is -2.44. The lowest BCUT2D eigenvalue weighted by Gasteiger charge is -2.36. The maximum absolute atomic E-state index is 14.0. The molecule has 0 radical (unpaired) electrons. The largest absolute Gasteiger partial charge is 0.461 e. The van der Waals surface area contributed by atoms with Gasteiger partial charge in [0.05, 0.1) is 11.4 Å². The number of aryl methyl sites for hydroxylation is 1. The summed E-state index contributed by atoms with van der Waals surface area (Å²) >= 11 is 1.47. The highest BCUT2D eigenvalue weighted by atomic mass is 32.2. The summed E-state index contributed by atoms with van der Waals surface area (Å²) in [5.74, 6) is -2.62. The number of benzene rings is 2. The molecule has 0 saturated carbocycles. The van der Waals surface area contributed by atoms with E-state index in [9.17, 15) is 18.0 Å². The summed E-state index contributed by atoms with van der Waals surface area (Å²) in [5.41, 5.74) is 3.05. The highest BCUT2D eigenvalue weighted by Gasteiger charge is 2.44. The van der Waals surface area contributed by atoms with Gasteiger partial charge in [-0.05, 0) is 47.2 Å². The molecule has 0 aliphatic carbocycles. The molecule has 1 aromatic heterocycles. The average molecular weight is 523 g/mol. The molecule has 36 heavy (non-hydrogen) atoms. The molecule has 0 saturated heterocycles. The number of ether oxygens (including phenoxy) is 1. The van der Waals surface area contributed by atoms with Crippen LogP contribution in [0.15, 0.2) is 89.7 Å². The van der Waals surface area contributed by atoms with Crippen LogP contribution in [0.4, 0.5) is 0 Å². The zero-order chi connectivity index (χ0) is 25.9. The second kappa shape index (κ2) is 10.6. The Hall–Kier alpha value is -3.53. The van der Waals surface area contributed by atoms with Gasteiger partial charge < -0.3 is 9.64 Å². The molecule has 1 amide bonds. The summed E-state index contributed by atoms with van der Waals surface area (Å²) in [4.78, 5) is 29.6. The molecule has 9 heteroatoms. The minimum atomic E-state index is -3.87. The predicted octanol–water partition coefficient (Wildman–Crippen LogP) is 4.22. The Balaban J connectivity index is 1.87. The van der Waals surface area contributed by atoms with Crippen molar-refractivity contribution >= 4 is 38.9 Å². The lowest BCUT2D eigenvalue weighted by molar-refractivity contribution is -0.155. The fourth-order valence-electron chi connectivity index (χ4n) is 4.22. The zero-order valence-electron chi connectivity index (χ0n) is 19.7. The number of amides is 1. The third kappa shape index (κ3) is 5.33. The SMILES string of the molecule is C=CCOC(=O)C1C(=O)N(Cc2ccccc2)C(c2ccc(S(N)(=O)=O)cc2)=CC1c1sccc1C. The van der Waals surface area contributed by atoms with Crippen molar-refractivity contribution in [2.75, 3.05) is 6.61 Å². The van der Waals surface area contributed by atoms with Crippen molar-refractivity contribution in [1.82, 2.24) is 4.90 Å². The molecule has 2 unspecified atom stereocenters. The number of primary sulfonamides is 1. The topological polar surface area (TPSA) is 107 Å². The Labute approximate surface area is 214 Å². The van der Waals surface area contributed by atoms with Crippen molar-refractivity contribution in [3.63, 3.8) is 0 Å². The molecular formula is C27H26N2O5S2. The molecule has 4 rings (SSSR count). The first-order valence-electron chi connectivity index (χ1n) is 11.2. The molecule has 0 spiro atoms. The van der Waals surface area contributed by atoms with E-state index < -0.39 is 33.7 Å². The number of hydrogen-bond acceptors (Lipinski definition) is 6. The van der Waals surface area contributed by atoms with Gasteiger partial charge in [0, 0.05) is 16.5 Å². The minimum absolute atomic E-state index is 0.00301. The number of carbonyl (C=O) groups is 2. The Morgan fingerprint density at radius 1 is 1.14 bits per heavy atom. The monoisotopic (exact) mass is 522 g/mol. The number of nitrogens with zero attached hydrogens (tertiary/aromatic N) is 1. The smallest absolute Gasteiger partial charge is 0.319 e. The molecule has 7 nitrogen and oxygen atoms in total. The summed E-state index contributed by atoms with van der Waals surface area (Å²) in [6.45, 7) is 5.76. The lowest BCUT2D eigenvalue weighted by atomic mass is 9.83. The highest BCUT2D eigenvalue weighted by Crippen LogP contribution is 2.42. The van der Waals surface area contributed by atoms with Gasteiger partial charge in [0.2, 0.25) is 15.9 Å². The number of hydrogen-bond donors (Lipinski definition) is 1. The van der Waals surface area contributed by atoms with Crippen LogP contribution in [0.5, 0.6) is 0 Å². The number of esters is 1. The van der Waals surface area contributed by atoms with Crippen molar-refractivity contribution < 1.29 is 22.7 Å². The minimum Gasteiger partial charge on any atom is -0.461 e. The summed E-state index contributed by atoms with van der Waals surface area (Å²) in [6, 6.07) is 17.4. The van der Waals surface area contributed by atoms with E-state index in [1.54, 1.807) is 17.0 Å². The Morgan fingerprint density at radius 3 is 2.42 bits per heavy atom. The molecule has 2 N–H and O–H groups in total. The quantitative estimate of drug-likeness (QED) is 0.271. The third-order valence-electron chi connectivity index (χ3n) is 5.98. The van der Waals surface area contributed by atoms with Crippen LogP contribution < -0.4 is 5.14 Å². The van der Waals surface area contributed by atoms with Crippen LogP contribution in [0.2, 0.25) is 0 Å². The first kappa shape index (κ1) is 25.6. The number of thiophene rings is 1. The maximum Gasteiger partial charge on any atom is 0.319 e. The van der Waals surface area contributed by atoms with E-state index in [4.69, 9.17) is 9.88 Å². The fraction of sp³-hybridized carbons (Fsp3) is 0.185. The second-order valence-electron chi connectivity index (χ2n) is 8.42. The predicted molar refractivity (Wildman–Crippen MR) is 139 cm³/mol. The van der Waals surface area contributed by atoms with Crippen LogP contribution >= 0.6 is 11.3 Å². The molecule has 1 aliphatic rings. The van der Waals surface area contributed by atoms with Crippen molar-refractivity contribution in [2.45, 2.75) is 24.3 Å². The molecule has 2 atom stereocenters. The van der Waals surface area contributed by atoms with Gasteiger partial charge in [0.1, 0.15) is 12.5 Å². The molecule has 2 aromatic carbocycles. The number of carbonyl (C=O) groups excluding carboxylic acids is 2. The summed E-state index contributed by atoms with van der Waals surface area (Å²) < 4.78 is 28.9. The Morgan fingerprint density at radius 2 is 1.83 bits per heavy atom. The van der Waals surface area contributed by atoms with Crippen molar-refractivity contribution in [3.05, 3.63) is 106 Å². The molecule has 2 heterocycles. The van der Waals surface area contributed by atoms with Gasteiger partial charge in [-0.15, -0.1) is 11.3 Å². The number of nitrogens with two attached hydrogens (primary N) is 1. The van der Waals surface area contributed by atoms with E-state index in [0.29, 0.717) is 11.3 Å². The molecule has 1 aliphatic heterocycles. The van der Waals surface area contributed by atoms with Crippen molar-refractivity contribution in [3.8, 4) is 0 Å². The number of sulfonamides is 1. The van der Waals surface area contributed by atoms with Crippen LogP contribution in [-0.4, -0.2) is 31.8 Å².